The van der Waals surface area contributed by atoms with Crippen molar-refractivity contribution in [3.8, 4) is 6.07 Å². The van der Waals surface area contributed by atoms with Crippen molar-refractivity contribution in [1.29, 1.82) is 5.26 Å². The molecule has 4 heterocycles. The van der Waals surface area contributed by atoms with Gasteiger partial charge in [-0.05, 0) is 69.1 Å². The van der Waals surface area contributed by atoms with Gasteiger partial charge in [-0.3, -0.25) is 9.59 Å². The summed E-state index contributed by atoms with van der Waals surface area (Å²) in [5, 5.41) is 26.2. The SMILES string of the molecule is CC(NC(=O)C1CCCN1C(=O)C(c1cc(N2CCC(OCCN3CCC(O)CC3)CC2)no1)C(C)C)c1ccc(C#N)cc1. The molecule has 0 radical (unpaired) electrons. The van der Waals surface area contributed by atoms with Crippen molar-refractivity contribution in [3.63, 3.8) is 0 Å². The van der Waals surface area contributed by atoms with E-state index in [9.17, 15) is 14.7 Å². The lowest BCUT2D eigenvalue weighted by atomic mass is 9.91. The number of ether oxygens (including phenoxy) is 1. The number of anilines is 1. The zero-order chi connectivity index (χ0) is 31.9. The Morgan fingerprint density at radius 3 is 2.44 bits per heavy atom. The maximum atomic E-state index is 14.0. The minimum Gasteiger partial charge on any atom is -0.393 e. The Morgan fingerprint density at radius 2 is 1.78 bits per heavy atom. The monoisotopic (exact) mass is 620 g/mol. The first kappa shape index (κ1) is 32.9. The Balaban J connectivity index is 1.14. The van der Waals surface area contributed by atoms with Gasteiger partial charge in [0.05, 0.1) is 36.5 Å². The number of nitrogens with zero attached hydrogens (tertiary/aromatic N) is 5. The van der Waals surface area contributed by atoms with E-state index in [4.69, 9.17) is 14.5 Å². The molecular formula is C34H48N6O5. The highest BCUT2D eigenvalue weighted by Crippen LogP contribution is 2.33. The van der Waals surface area contributed by atoms with Gasteiger partial charge in [0.2, 0.25) is 11.8 Å². The number of aromatic nitrogens is 1. The number of likely N-dealkylation sites (tertiary alicyclic amines) is 2. The van der Waals surface area contributed by atoms with Crippen molar-refractivity contribution in [3.05, 3.63) is 47.2 Å². The first-order chi connectivity index (χ1) is 21.7. The average Bonchev–Trinajstić information content (AvgIpc) is 3.73. The zero-order valence-corrected chi connectivity index (χ0v) is 26.9. The maximum Gasteiger partial charge on any atom is 0.243 e. The highest BCUT2D eigenvalue weighted by Gasteiger charge is 2.40. The Hall–Kier alpha value is -3.46. The minimum absolute atomic E-state index is 0.0394. The Morgan fingerprint density at radius 1 is 1.07 bits per heavy atom. The van der Waals surface area contributed by atoms with Gasteiger partial charge in [-0.1, -0.05) is 31.1 Å². The molecule has 0 aliphatic carbocycles. The second-order valence-corrected chi connectivity index (χ2v) is 13.1. The smallest absolute Gasteiger partial charge is 0.243 e. The number of aliphatic hydroxyl groups is 1. The number of nitrogens with one attached hydrogen (secondary N) is 1. The highest BCUT2D eigenvalue weighted by atomic mass is 16.5. The lowest BCUT2D eigenvalue weighted by Crippen LogP contribution is -2.48. The molecule has 1 aromatic carbocycles. The molecule has 244 valence electrons. The second-order valence-electron chi connectivity index (χ2n) is 13.1. The predicted octanol–water partition coefficient (Wildman–Crippen LogP) is 3.60. The van der Waals surface area contributed by atoms with Crippen molar-refractivity contribution >= 4 is 17.6 Å². The van der Waals surface area contributed by atoms with Gasteiger partial charge in [0.25, 0.3) is 0 Å². The summed E-state index contributed by atoms with van der Waals surface area (Å²) in [6.45, 7) is 11.5. The first-order valence-electron chi connectivity index (χ1n) is 16.6. The third-order valence-corrected chi connectivity index (χ3v) is 9.58. The van der Waals surface area contributed by atoms with E-state index in [0.717, 1.165) is 76.2 Å². The third-order valence-electron chi connectivity index (χ3n) is 9.58. The lowest BCUT2D eigenvalue weighted by molar-refractivity contribution is -0.141. The van der Waals surface area contributed by atoms with Crippen molar-refractivity contribution < 1.29 is 24.0 Å². The van der Waals surface area contributed by atoms with Crippen LogP contribution in [0.2, 0.25) is 0 Å². The molecule has 11 heteroatoms. The number of hydrogen-bond acceptors (Lipinski definition) is 9. The molecule has 0 spiro atoms. The Kier molecular flexibility index (Phi) is 11.1. The van der Waals surface area contributed by atoms with Crippen LogP contribution in [0.3, 0.4) is 0 Å². The summed E-state index contributed by atoms with van der Waals surface area (Å²) < 4.78 is 12.0. The van der Waals surface area contributed by atoms with Crippen LogP contribution in [0.15, 0.2) is 34.9 Å². The van der Waals surface area contributed by atoms with Crippen LogP contribution >= 0.6 is 0 Å². The molecule has 2 aromatic rings. The summed E-state index contributed by atoms with van der Waals surface area (Å²) in [6.07, 6.45) is 4.92. The highest BCUT2D eigenvalue weighted by molar-refractivity contribution is 5.91. The Bertz CT molecular complexity index is 1310. The molecule has 2 amide bonds. The molecule has 1 aromatic heterocycles. The van der Waals surface area contributed by atoms with Gasteiger partial charge in [-0.2, -0.15) is 5.26 Å². The normalized spacial score (nSPS) is 21.6. The summed E-state index contributed by atoms with van der Waals surface area (Å²) in [5.41, 5.74) is 1.47. The van der Waals surface area contributed by atoms with Crippen LogP contribution in [0.25, 0.3) is 0 Å². The molecule has 3 unspecified atom stereocenters. The zero-order valence-electron chi connectivity index (χ0n) is 26.9. The molecule has 2 N–H and O–H groups in total. The Labute approximate surface area is 266 Å². The number of hydrogen-bond donors (Lipinski definition) is 2. The molecule has 3 fully saturated rings. The number of amides is 2. The maximum absolute atomic E-state index is 14.0. The molecule has 3 atom stereocenters. The van der Waals surface area contributed by atoms with Crippen LogP contribution < -0.4 is 10.2 Å². The van der Waals surface area contributed by atoms with E-state index in [2.05, 4.69) is 26.3 Å². The van der Waals surface area contributed by atoms with E-state index in [1.807, 2.05) is 39.0 Å². The molecule has 0 bridgehead atoms. The van der Waals surface area contributed by atoms with Crippen LogP contribution in [0.4, 0.5) is 5.82 Å². The van der Waals surface area contributed by atoms with Crippen molar-refractivity contribution in [2.75, 3.05) is 50.8 Å². The first-order valence-corrected chi connectivity index (χ1v) is 16.6. The van der Waals surface area contributed by atoms with E-state index < -0.39 is 12.0 Å². The molecular weight excluding hydrogens is 572 g/mol. The molecule has 3 aliphatic heterocycles. The number of carbonyl (C=O) groups excluding carboxylic acids is 2. The van der Waals surface area contributed by atoms with E-state index in [1.165, 1.54) is 0 Å². The van der Waals surface area contributed by atoms with Crippen LogP contribution in [0.1, 0.15) is 88.1 Å². The third kappa shape index (κ3) is 8.23. The number of aliphatic hydroxyl groups excluding tert-OH is 1. The predicted molar refractivity (Wildman–Crippen MR) is 169 cm³/mol. The molecule has 3 aliphatic rings. The number of piperidine rings is 2. The minimum atomic E-state index is -0.539. The molecule has 45 heavy (non-hydrogen) atoms. The van der Waals surface area contributed by atoms with Gasteiger partial charge in [0.1, 0.15) is 12.0 Å². The number of benzene rings is 1. The molecule has 3 saturated heterocycles. The second kappa shape index (κ2) is 15.2. The van der Waals surface area contributed by atoms with Gasteiger partial charge in [-0.25, -0.2) is 0 Å². The van der Waals surface area contributed by atoms with Crippen LogP contribution in [-0.2, 0) is 14.3 Å². The average molecular weight is 621 g/mol. The van der Waals surface area contributed by atoms with Crippen molar-refractivity contribution in [1.82, 2.24) is 20.3 Å². The number of rotatable bonds is 11. The van der Waals surface area contributed by atoms with Gasteiger partial charge in [-0.15, -0.1) is 0 Å². The van der Waals surface area contributed by atoms with E-state index in [1.54, 1.807) is 17.0 Å². The van der Waals surface area contributed by atoms with Gasteiger partial charge < -0.3 is 34.4 Å². The van der Waals surface area contributed by atoms with Crippen LogP contribution in [-0.4, -0.2) is 96.0 Å². The van der Waals surface area contributed by atoms with Crippen molar-refractivity contribution in [2.24, 2.45) is 5.92 Å². The lowest BCUT2D eigenvalue weighted by Gasteiger charge is -2.33. The van der Waals surface area contributed by atoms with Gasteiger partial charge >= 0.3 is 0 Å². The van der Waals surface area contributed by atoms with E-state index in [-0.39, 0.29) is 36.0 Å². The fourth-order valence-corrected chi connectivity index (χ4v) is 6.77. The standard InChI is InChI=1S/C34H48N6O5/c1-23(2)32(34(43)40-14-4-5-29(40)33(42)36-24(3)26-8-6-25(22-35)7-9-26)30-21-31(37-45-30)39-17-12-28(13-18-39)44-20-19-38-15-10-27(41)11-16-38/h6-9,21,23-24,27-29,32,41H,4-5,10-20H2,1-3H3,(H,36,42). The van der Waals surface area contributed by atoms with Gasteiger partial charge in [0.15, 0.2) is 11.6 Å². The molecule has 5 rings (SSSR count). The fraction of sp³-hybridized carbons (Fsp3) is 0.647. The fourth-order valence-electron chi connectivity index (χ4n) is 6.77. The van der Waals surface area contributed by atoms with Crippen LogP contribution in [0, 0.1) is 17.2 Å². The summed E-state index contributed by atoms with van der Waals surface area (Å²) in [5.74, 6) is 0.424. The van der Waals surface area contributed by atoms with Crippen LogP contribution in [0.5, 0.6) is 0 Å². The van der Waals surface area contributed by atoms with Gasteiger partial charge in [0, 0.05) is 45.3 Å². The largest absolute Gasteiger partial charge is 0.393 e. The quantitative estimate of drug-likeness (QED) is 0.386. The summed E-state index contributed by atoms with van der Waals surface area (Å²) in [4.78, 5) is 33.6. The van der Waals surface area contributed by atoms with E-state index in [0.29, 0.717) is 30.9 Å². The molecule has 11 nitrogen and oxygen atoms in total. The number of nitriles is 1. The van der Waals surface area contributed by atoms with Crippen molar-refractivity contribution in [2.45, 2.75) is 89.5 Å². The topological polar surface area (TPSA) is 135 Å². The summed E-state index contributed by atoms with van der Waals surface area (Å²) in [6, 6.07) is 10.4. The summed E-state index contributed by atoms with van der Waals surface area (Å²) in [7, 11) is 0. The number of carbonyl (C=O) groups is 2. The summed E-state index contributed by atoms with van der Waals surface area (Å²) >= 11 is 0. The molecule has 0 saturated carbocycles. The van der Waals surface area contributed by atoms with E-state index >= 15 is 0 Å².